The van der Waals surface area contributed by atoms with Crippen molar-refractivity contribution in [2.24, 2.45) is 5.73 Å². The van der Waals surface area contributed by atoms with Crippen molar-refractivity contribution in [3.8, 4) is 0 Å². The van der Waals surface area contributed by atoms with Gasteiger partial charge in [-0.1, -0.05) is 18.5 Å². The average molecular weight is 216 g/mol. The summed E-state index contributed by atoms with van der Waals surface area (Å²) in [6.07, 6.45) is 1.66. The summed E-state index contributed by atoms with van der Waals surface area (Å²) in [7, 11) is 0. The lowest BCUT2D eigenvalue weighted by molar-refractivity contribution is 0.590. The fourth-order valence-corrected chi connectivity index (χ4v) is 1.86. The molecule has 0 bridgehead atoms. The van der Waals surface area contributed by atoms with Crippen LogP contribution in [0, 0.1) is 0 Å². The molecule has 1 aromatic rings. The third kappa shape index (κ3) is 2.28. The largest absolute Gasteiger partial charge is 0.328 e. The van der Waals surface area contributed by atoms with E-state index in [2.05, 4.69) is 18.9 Å². The van der Waals surface area contributed by atoms with Crippen molar-refractivity contribution in [2.45, 2.75) is 46.2 Å². The number of aromatic nitrogens is 2. The molecule has 4 heteroatoms. The van der Waals surface area contributed by atoms with Gasteiger partial charge in [0.05, 0.1) is 16.4 Å². The molecule has 1 rings (SSSR count). The second-order valence-electron chi connectivity index (χ2n) is 3.56. The van der Waals surface area contributed by atoms with Gasteiger partial charge in [-0.05, 0) is 20.3 Å². The highest BCUT2D eigenvalue weighted by Gasteiger charge is 2.14. The zero-order valence-corrected chi connectivity index (χ0v) is 9.80. The second-order valence-corrected chi connectivity index (χ2v) is 3.94. The molecule has 0 fully saturated rings. The molecule has 3 nitrogen and oxygen atoms in total. The van der Waals surface area contributed by atoms with E-state index in [1.807, 2.05) is 11.6 Å². The molecule has 0 amide bonds. The fraction of sp³-hybridized carbons (Fsp3) is 0.700. The van der Waals surface area contributed by atoms with Crippen molar-refractivity contribution in [3.05, 3.63) is 16.4 Å². The fourth-order valence-electron chi connectivity index (χ4n) is 1.52. The van der Waals surface area contributed by atoms with Gasteiger partial charge >= 0.3 is 0 Å². The molecule has 2 N–H and O–H groups in total. The number of nitrogens with two attached hydrogens (primary N) is 1. The molecular weight excluding hydrogens is 198 g/mol. The summed E-state index contributed by atoms with van der Waals surface area (Å²) in [4.78, 5) is 0. The standard InChI is InChI=1S/C10H18ClN3/c1-4-8-10(11)9(6-7(3)12)14(5-2)13-8/h7H,4-6,12H2,1-3H3. The van der Waals surface area contributed by atoms with E-state index in [1.165, 1.54) is 0 Å². The molecule has 0 aliphatic heterocycles. The van der Waals surface area contributed by atoms with Gasteiger partial charge in [-0.3, -0.25) is 4.68 Å². The topological polar surface area (TPSA) is 43.8 Å². The number of aryl methyl sites for hydroxylation is 2. The third-order valence-electron chi connectivity index (χ3n) is 2.21. The summed E-state index contributed by atoms with van der Waals surface area (Å²) in [6, 6.07) is 0.124. The van der Waals surface area contributed by atoms with Crippen LogP contribution in [0.4, 0.5) is 0 Å². The smallest absolute Gasteiger partial charge is 0.0850 e. The van der Waals surface area contributed by atoms with Gasteiger partial charge < -0.3 is 5.73 Å². The molecule has 80 valence electrons. The summed E-state index contributed by atoms with van der Waals surface area (Å²) < 4.78 is 1.95. The van der Waals surface area contributed by atoms with Crippen molar-refractivity contribution in [2.75, 3.05) is 0 Å². The van der Waals surface area contributed by atoms with Crippen LogP contribution in [-0.4, -0.2) is 15.8 Å². The zero-order chi connectivity index (χ0) is 10.7. The van der Waals surface area contributed by atoms with E-state index in [-0.39, 0.29) is 6.04 Å². The van der Waals surface area contributed by atoms with Gasteiger partial charge in [0.1, 0.15) is 0 Å². The number of hydrogen-bond donors (Lipinski definition) is 1. The lowest BCUT2D eigenvalue weighted by Gasteiger charge is -2.07. The molecule has 1 heterocycles. The van der Waals surface area contributed by atoms with E-state index >= 15 is 0 Å². The van der Waals surface area contributed by atoms with Crippen molar-refractivity contribution >= 4 is 11.6 Å². The van der Waals surface area contributed by atoms with Gasteiger partial charge in [0.25, 0.3) is 0 Å². The first-order valence-corrected chi connectivity index (χ1v) is 5.47. The van der Waals surface area contributed by atoms with Crippen LogP contribution in [-0.2, 0) is 19.4 Å². The van der Waals surface area contributed by atoms with E-state index in [4.69, 9.17) is 17.3 Å². The Bertz CT molecular complexity index is 305. The molecule has 1 unspecified atom stereocenters. The highest BCUT2D eigenvalue weighted by atomic mass is 35.5. The van der Waals surface area contributed by atoms with Gasteiger partial charge in [0, 0.05) is 19.0 Å². The SMILES string of the molecule is CCc1nn(CC)c(CC(C)N)c1Cl. The molecule has 0 saturated carbocycles. The minimum absolute atomic E-state index is 0.124. The van der Waals surface area contributed by atoms with Crippen LogP contribution in [0.1, 0.15) is 32.2 Å². The average Bonchev–Trinajstić information content (AvgIpc) is 2.43. The van der Waals surface area contributed by atoms with E-state index in [0.29, 0.717) is 0 Å². The maximum atomic E-state index is 6.21. The van der Waals surface area contributed by atoms with Crippen molar-refractivity contribution in [1.29, 1.82) is 0 Å². The molecule has 0 spiro atoms. The molecule has 0 aromatic carbocycles. The van der Waals surface area contributed by atoms with Gasteiger partial charge in [0.2, 0.25) is 0 Å². The van der Waals surface area contributed by atoms with E-state index < -0.39 is 0 Å². The van der Waals surface area contributed by atoms with Gasteiger partial charge in [-0.15, -0.1) is 0 Å². The van der Waals surface area contributed by atoms with Crippen LogP contribution in [0.25, 0.3) is 0 Å². The van der Waals surface area contributed by atoms with E-state index in [9.17, 15) is 0 Å². The van der Waals surface area contributed by atoms with E-state index in [0.717, 1.165) is 35.8 Å². The van der Waals surface area contributed by atoms with E-state index in [1.54, 1.807) is 0 Å². The first kappa shape index (κ1) is 11.5. The summed E-state index contributed by atoms with van der Waals surface area (Å²) in [6.45, 7) is 6.95. The summed E-state index contributed by atoms with van der Waals surface area (Å²) in [5, 5.41) is 5.23. The maximum absolute atomic E-state index is 6.21. The Balaban J connectivity index is 3.04. The monoisotopic (exact) mass is 215 g/mol. The minimum atomic E-state index is 0.124. The number of nitrogens with zero attached hydrogens (tertiary/aromatic N) is 2. The number of halogens is 1. The van der Waals surface area contributed by atoms with Crippen LogP contribution in [0.15, 0.2) is 0 Å². The molecular formula is C10H18ClN3. The molecule has 1 atom stereocenters. The molecule has 1 aromatic heterocycles. The highest BCUT2D eigenvalue weighted by Crippen LogP contribution is 2.22. The molecule has 0 aliphatic carbocycles. The van der Waals surface area contributed by atoms with Gasteiger partial charge in [0.15, 0.2) is 0 Å². The Hall–Kier alpha value is -0.540. The lowest BCUT2D eigenvalue weighted by Crippen LogP contribution is -2.20. The van der Waals surface area contributed by atoms with Crippen LogP contribution in [0.2, 0.25) is 5.02 Å². The molecule has 0 aliphatic rings. The van der Waals surface area contributed by atoms with Crippen LogP contribution in [0.5, 0.6) is 0 Å². The predicted octanol–water partition coefficient (Wildman–Crippen LogP) is 2.01. The maximum Gasteiger partial charge on any atom is 0.0850 e. The third-order valence-corrected chi connectivity index (χ3v) is 2.65. The zero-order valence-electron chi connectivity index (χ0n) is 9.05. The summed E-state index contributed by atoms with van der Waals surface area (Å²) in [5.74, 6) is 0. The van der Waals surface area contributed by atoms with Gasteiger partial charge in [-0.2, -0.15) is 5.10 Å². The predicted molar refractivity (Wildman–Crippen MR) is 59.6 cm³/mol. The van der Waals surface area contributed by atoms with Crippen molar-refractivity contribution in [3.63, 3.8) is 0 Å². The Morgan fingerprint density at radius 2 is 2.14 bits per heavy atom. The summed E-state index contributed by atoms with van der Waals surface area (Å²) in [5.41, 5.74) is 7.81. The Morgan fingerprint density at radius 1 is 1.50 bits per heavy atom. The van der Waals surface area contributed by atoms with Gasteiger partial charge in [-0.25, -0.2) is 0 Å². The lowest BCUT2D eigenvalue weighted by atomic mass is 10.2. The number of hydrogen-bond acceptors (Lipinski definition) is 2. The minimum Gasteiger partial charge on any atom is -0.328 e. The quantitative estimate of drug-likeness (QED) is 0.835. The first-order chi connectivity index (χ1) is 6.60. The molecule has 14 heavy (non-hydrogen) atoms. The van der Waals surface area contributed by atoms with Crippen LogP contribution in [0.3, 0.4) is 0 Å². The van der Waals surface area contributed by atoms with Crippen LogP contribution < -0.4 is 5.73 Å². The molecule has 0 radical (unpaired) electrons. The van der Waals surface area contributed by atoms with Crippen LogP contribution >= 0.6 is 11.6 Å². The Kier molecular flexibility index (Phi) is 3.96. The normalized spacial score (nSPS) is 13.2. The molecule has 0 saturated heterocycles. The Morgan fingerprint density at radius 3 is 2.57 bits per heavy atom. The number of rotatable bonds is 4. The van der Waals surface area contributed by atoms with Crippen molar-refractivity contribution < 1.29 is 0 Å². The first-order valence-electron chi connectivity index (χ1n) is 5.09. The highest BCUT2D eigenvalue weighted by molar-refractivity contribution is 6.31. The summed E-state index contributed by atoms with van der Waals surface area (Å²) >= 11 is 6.21. The Labute approximate surface area is 90.2 Å². The van der Waals surface area contributed by atoms with Crippen molar-refractivity contribution in [1.82, 2.24) is 9.78 Å². The second kappa shape index (κ2) is 4.80.